The van der Waals surface area contributed by atoms with E-state index in [9.17, 15) is 14.7 Å². The summed E-state index contributed by atoms with van der Waals surface area (Å²) in [5.41, 5.74) is -0.846. The number of ether oxygens (including phenoxy) is 5. The molecule has 4 rings (SSSR count). The Kier molecular flexibility index (Phi) is 5.81. The molecule has 31 heavy (non-hydrogen) atoms. The fourth-order valence-corrected chi connectivity index (χ4v) is 3.63. The molecule has 0 bridgehead atoms. The highest BCUT2D eigenvalue weighted by atomic mass is 16.8. The van der Waals surface area contributed by atoms with Gasteiger partial charge < -0.3 is 28.8 Å². The number of benzene rings is 2. The van der Waals surface area contributed by atoms with Crippen molar-refractivity contribution in [3.05, 3.63) is 71.8 Å². The minimum atomic E-state index is -1.54. The Bertz CT molecular complexity index is 872. The number of fused-ring (bicyclic) bond motifs is 1. The van der Waals surface area contributed by atoms with Crippen LogP contribution in [0.15, 0.2) is 60.7 Å². The molecule has 2 saturated heterocycles. The van der Waals surface area contributed by atoms with Gasteiger partial charge in [-0.05, 0) is 38.1 Å². The molecular formula is C23H24O8. The lowest BCUT2D eigenvalue weighted by Gasteiger charge is -2.33. The first kappa shape index (κ1) is 21.5. The van der Waals surface area contributed by atoms with Gasteiger partial charge in [-0.2, -0.15) is 0 Å². The molecule has 164 valence electrons. The van der Waals surface area contributed by atoms with Crippen LogP contribution in [0.25, 0.3) is 0 Å². The number of hydrogen-bond donors (Lipinski definition) is 1. The van der Waals surface area contributed by atoms with Crippen LogP contribution in [-0.4, -0.2) is 60.1 Å². The Labute approximate surface area is 179 Å². The van der Waals surface area contributed by atoms with E-state index in [4.69, 9.17) is 23.7 Å². The molecule has 0 spiro atoms. The second-order valence-corrected chi connectivity index (χ2v) is 7.98. The van der Waals surface area contributed by atoms with Gasteiger partial charge in [0.25, 0.3) is 0 Å². The average Bonchev–Trinajstić information content (AvgIpc) is 3.21. The van der Waals surface area contributed by atoms with Gasteiger partial charge in [0.05, 0.1) is 11.1 Å². The maximum atomic E-state index is 12.4. The predicted octanol–water partition coefficient (Wildman–Crippen LogP) is 2.31. The molecule has 2 aliphatic rings. The van der Waals surface area contributed by atoms with Gasteiger partial charge in [-0.15, -0.1) is 0 Å². The summed E-state index contributed by atoms with van der Waals surface area (Å²) in [4.78, 5) is 24.9. The third-order valence-corrected chi connectivity index (χ3v) is 5.20. The molecular weight excluding hydrogens is 404 g/mol. The van der Waals surface area contributed by atoms with Gasteiger partial charge in [0.15, 0.2) is 17.7 Å². The third-order valence-electron chi connectivity index (χ3n) is 5.20. The number of esters is 2. The SMILES string of the molecule is CC1(C)OC2C(O)C(COC(=O)c3ccccc3)(COC(=O)c3ccccc3)O[C@@H]2O1. The number of hydrogen-bond acceptors (Lipinski definition) is 8. The predicted molar refractivity (Wildman–Crippen MR) is 107 cm³/mol. The number of rotatable bonds is 6. The number of aliphatic hydroxyl groups is 1. The molecule has 2 aliphatic heterocycles. The zero-order valence-corrected chi connectivity index (χ0v) is 17.2. The van der Waals surface area contributed by atoms with Gasteiger partial charge in [0.2, 0.25) is 0 Å². The molecule has 8 heteroatoms. The van der Waals surface area contributed by atoms with Crippen molar-refractivity contribution in [3.63, 3.8) is 0 Å². The summed E-state index contributed by atoms with van der Waals surface area (Å²) in [6.45, 7) is 2.69. The summed E-state index contributed by atoms with van der Waals surface area (Å²) in [6.07, 6.45) is -2.97. The van der Waals surface area contributed by atoms with Crippen molar-refractivity contribution in [1.29, 1.82) is 0 Å². The van der Waals surface area contributed by atoms with E-state index in [1.165, 1.54) is 0 Å². The van der Waals surface area contributed by atoms with Crippen LogP contribution in [0.5, 0.6) is 0 Å². The molecule has 0 aromatic heterocycles. The van der Waals surface area contributed by atoms with Crippen molar-refractivity contribution in [2.24, 2.45) is 0 Å². The summed E-state index contributed by atoms with van der Waals surface area (Å²) in [5, 5.41) is 11.0. The summed E-state index contributed by atoms with van der Waals surface area (Å²) in [7, 11) is 0. The van der Waals surface area contributed by atoms with Crippen LogP contribution in [0, 0.1) is 0 Å². The Balaban J connectivity index is 1.50. The Morgan fingerprint density at radius 1 is 0.839 bits per heavy atom. The lowest BCUT2D eigenvalue weighted by Crippen LogP contribution is -2.52. The average molecular weight is 428 g/mol. The molecule has 1 N–H and O–H groups in total. The van der Waals surface area contributed by atoms with Crippen molar-refractivity contribution in [3.8, 4) is 0 Å². The maximum Gasteiger partial charge on any atom is 0.338 e. The van der Waals surface area contributed by atoms with E-state index >= 15 is 0 Å². The Morgan fingerprint density at radius 2 is 1.32 bits per heavy atom. The fourth-order valence-electron chi connectivity index (χ4n) is 3.63. The minimum absolute atomic E-state index is 0.347. The van der Waals surface area contributed by atoms with E-state index in [-0.39, 0.29) is 13.2 Å². The first-order valence-electron chi connectivity index (χ1n) is 9.96. The van der Waals surface area contributed by atoms with Gasteiger partial charge in [-0.25, -0.2) is 9.59 Å². The summed E-state index contributed by atoms with van der Waals surface area (Å²) >= 11 is 0. The second-order valence-electron chi connectivity index (χ2n) is 7.98. The molecule has 2 aromatic carbocycles. The molecule has 2 aromatic rings. The zero-order valence-electron chi connectivity index (χ0n) is 17.2. The Hall–Kier alpha value is -2.78. The van der Waals surface area contributed by atoms with E-state index in [1.54, 1.807) is 74.5 Å². The summed E-state index contributed by atoms with van der Waals surface area (Å²) in [5.74, 6) is -2.13. The quantitative estimate of drug-likeness (QED) is 0.700. The number of aliphatic hydroxyl groups excluding tert-OH is 1. The molecule has 8 nitrogen and oxygen atoms in total. The first-order valence-corrected chi connectivity index (χ1v) is 9.96. The van der Waals surface area contributed by atoms with Crippen LogP contribution in [0.4, 0.5) is 0 Å². The summed E-state index contributed by atoms with van der Waals surface area (Å²) < 4.78 is 28.2. The van der Waals surface area contributed by atoms with Crippen LogP contribution >= 0.6 is 0 Å². The lowest BCUT2D eigenvalue weighted by atomic mass is 9.97. The van der Waals surface area contributed by atoms with Gasteiger partial charge in [0.1, 0.15) is 25.4 Å². The standard InChI is InChI=1S/C23H24O8/c1-22(2)29-17-18(24)23(31-21(17)30-22,13-27-19(25)15-9-5-3-6-10-15)14-28-20(26)16-11-7-4-8-12-16/h3-12,17-18,21,24H,13-14H2,1-2H3/t17?,18?,21-/m0/s1. The van der Waals surface area contributed by atoms with Gasteiger partial charge in [0, 0.05) is 0 Å². The number of carbonyl (C=O) groups is 2. The smallest absolute Gasteiger partial charge is 0.338 e. The molecule has 2 unspecified atom stereocenters. The maximum absolute atomic E-state index is 12.4. The monoisotopic (exact) mass is 428 g/mol. The minimum Gasteiger partial charge on any atom is -0.459 e. The molecule has 3 atom stereocenters. The number of carbonyl (C=O) groups excluding carboxylic acids is 2. The molecule has 2 heterocycles. The van der Waals surface area contributed by atoms with Crippen LogP contribution in [0.3, 0.4) is 0 Å². The van der Waals surface area contributed by atoms with Crippen molar-refractivity contribution in [2.45, 2.75) is 43.7 Å². The highest BCUT2D eigenvalue weighted by Gasteiger charge is 2.62. The highest BCUT2D eigenvalue weighted by molar-refractivity contribution is 5.90. The lowest BCUT2D eigenvalue weighted by molar-refractivity contribution is -0.252. The van der Waals surface area contributed by atoms with Crippen molar-refractivity contribution in [2.75, 3.05) is 13.2 Å². The van der Waals surface area contributed by atoms with E-state index in [1.807, 2.05) is 0 Å². The third kappa shape index (κ3) is 4.47. The Morgan fingerprint density at radius 3 is 1.77 bits per heavy atom. The van der Waals surface area contributed by atoms with Crippen molar-refractivity contribution >= 4 is 11.9 Å². The van der Waals surface area contributed by atoms with Gasteiger partial charge in [-0.3, -0.25) is 0 Å². The van der Waals surface area contributed by atoms with E-state index in [2.05, 4.69) is 0 Å². The topological polar surface area (TPSA) is 101 Å². The second kappa shape index (κ2) is 8.39. The molecule has 2 fully saturated rings. The van der Waals surface area contributed by atoms with E-state index < -0.39 is 41.8 Å². The highest BCUT2D eigenvalue weighted by Crippen LogP contribution is 2.42. The normalized spacial score (nSPS) is 25.6. The first-order chi connectivity index (χ1) is 14.8. The van der Waals surface area contributed by atoms with Crippen molar-refractivity contribution < 1.29 is 38.4 Å². The molecule has 0 saturated carbocycles. The van der Waals surface area contributed by atoms with E-state index in [0.29, 0.717) is 11.1 Å². The van der Waals surface area contributed by atoms with E-state index in [0.717, 1.165) is 0 Å². The largest absolute Gasteiger partial charge is 0.459 e. The molecule has 0 radical (unpaired) electrons. The van der Waals surface area contributed by atoms with Crippen LogP contribution in [0.1, 0.15) is 34.6 Å². The zero-order chi connectivity index (χ0) is 22.1. The summed E-state index contributed by atoms with van der Waals surface area (Å²) in [6, 6.07) is 16.9. The van der Waals surface area contributed by atoms with Gasteiger partial charge >= 0.3 is 11.9 Å². The van der Waals surface area contributed by atoms with Crippen LogP contribution < -0.4 is 0 Å². The van der Waals surface area contributed by atoms with Crippen LogP contribution in [-0.2, 0) is 23.7 Å². The molecule has 0 aliphatic carbocycles. The van der Waals surface area contributed by atoms with Crippen LogP contribution in [0.2, 0.25) is 0 Å². The van der Waals surface area contributed by atoms with Crippen molar-refractivity contribution in [1.82, 2.24) is 0 Å². The molecule has 0 amide bonds. The van der Waals surface area contributed by atoms with Gasteiger partial charge in [-0.1, -0.05) is 36.4 Å². The fraction of sp³-hybridized carbons (Fsp3) is 0.391.